The first-order chi connectivity index (χ1) is 12.2. The molecule has 3 nitrogen and oxygen atoms in total. The highest BCUT2D eigenvalue weighted by atomic mass is 35.5. The third-order valence-corrected chi connectivity index (χ3v) is 4.92. The van der Waals surface area contributed by atoms with Gasteiger partial charge in [0.2, 0.25) is 5.91 Å². The lowest BCUT2D eigenvalue weighted by Crippen LogP contribution is -2.26. The molecule has 0 aromatic heterocycles. The molecule has 1 aliphatic heterocycles. The van der Waals surface area contributed by atoms with Crippen LogP contribution in [0.4, 0.5) is 23.2 Å². The first-order valence-electron chi connectivity index (χ1n) is 7.40. The van der Waals surface area contributed by atoms with Crippen molar-refractivity contribution in [3.63, 3.8) is 0 Å². The highest BCUT2D eigenvalue weighted by molar-refractivity contribution is 8.15. The van der Waals surface area contributed by atoms with E-state index in [1.54, 1.807) is 24.3 Å². The van der Waals surface area contributed by atoms with Crippen molar-refractivity contribution in [2.45, 2.75) is 17.8 Å². The Kier molecular flexibility index (Phi) is 5.24. The number of hydrogen-bond donors (Lipinski definition) is 1. The Bertz CT molecular complexity index is 868. The fourth-order valence-electron chi connectivity index (χ4n) is 2.36. The average Bonchev–Trinajstić information content (AvgIpc) is 2.90. The molecule has 0 bridgehead atoms. The van der Waals surface area contributed by atoms with Crippen molar-refractivity contribution in [1.29, 1.82) is 0 Å². The Labute approximate surface area is 155 Å². The van der Waals surface area contributed by atoms with Gasteiger partial charge in [-0.15, -0.1) is 0 Å². The Balaban J connectivity index is 1.75. The number of halogens is 5. The van der Waals surface area contributed by atoms with Crippen LogP contribution in [0.2, 0.25) is 5.02 Å². The Morgan fingerprint density at radius 3 is 2.50 bits per heavy atom. The van der Waals surface area contributed by atoms with Gasteiger partial charge in [0.15, 0.2) is 5.17 Å². The number of carbonyl (C=O) groups is 1. The number of nitrogens with one attached hydrogen (secondary N) is 1. The maximum Gasteiger partial charge on any atom is 0.419 e. The fraction of sp³-hybridized carbons (Fsp3) is 0.176. The van der Waals surface area contributed by atoms with Crippen molar-refractivity contribution >= 4 is 40.1 Å². The van der Waals surface area contributed by atoms with E-state index in [1.165, 1.54) is 6.07 Å². The number of hydrogen-bond acceptors (Lipinski definition) is 3. The van der Waals surface area contributed by atoms with Crippen molar-refractivity contribution < 1.29 is 22.4 Å². The normalized spacial score (nSPS) is 19.0. The van der Waals surface area contributed by atoms with E-state index in [0.29, 0.717) is 15.9 Å². The maximum absolute atomic E-state index is 13.4. The largest absolute Gasteiger partial charge is 0.419 e. The highest BCUT2D eigenvalue weighted by Crippen LogP contribution is 2.33. The van der Waals surface area contributed by atoms with Gasteiger partial charge in [-0.05, 0) is 48.4 Å². The first-order valence-corrected chi connectivity index (χ1v) is 8.65. The van der Waals surface area contributed by atoms with Crippen LogP contribution in [0.15, 0.2) is 47.5 Å². The van der Waals surface area contributed by atoms with Crippen LogP contribution in [-0.4, -0.2) is 16.3 Å². The van der Waals surface area contributed by atoms with Crippen LogP contribution in [0, 0.1) is 5.82 Å². The zero-order valence-corrected chi connectivity index (χ0v) is 14.6. The zero-order valence-electron chi connectivity index (χ0n) is 13.0. The summed E-state index contributed by atoms with van der Waals surface area (Å²) in [6, 6.07) is 9.38. The predicted molar refractivity (Wildman–Crippen MR) is 93.2 cm³/mol. The average molecular weight is 403 g/mol. The fourth-order valence-corrected chi connectivity index (χ4v) is 3.51. The third kappa shape index (κ3) is 4.37. The van der Waals surface area contributed by atoms with Crippen molar-refractivity contribution in [2.24, 2.45) is 4.99 Å². The molecule has 3 rings (SSSR count). The van der Waals surface area contributed by atoms with E-state index in [4.69, 9.17) is 11.6 Å². The molecular formula is C17H11ClF4N2OS. The molecule has 0 aliphatic carbocycles. The summed E-state index contributed by atoms with van der Waals surface area (Å²) in [4.78, 5) is 16.3. The van der Waals surface area contributed by atoms with Gasteiger partial charge in [-0.3, -0.25) is 4.79 Å². The van der Waals surface area contributed by atoms with Gasteiger partial charge < -0.3 is 5.32 Å². The number of nitrogens with zero attached hydrogens (tertiary/aromatic N) is 1. The summed E-state index contributed by atoms with van der Waals surface area (Å²) in [6.45, 7) is 0. The molecule has 2 aromatic carbocycles. The summed E-state index contributed by atoms with van der Waals surface area (Å²) in [5, 5.41) is 2.84. The van der Waals surface area contributed by atoms with E-state index in [1.807, 2.05) is 0 Å². The minimum atomic E-state index is -4.79. The van der Waals surface area contributed by atoms with Crippen LogP contribution in [0.3, 0.4) is 0 Å². The van der Waals surface area contributed by atoms with Gasteiger partial charge in [-0.1, -0.05) is 29.4 Å². The molecule has 9 heteroatoms. The Morgan fingerprint density at radius 2 is 1.85 bits per heavy atom. The van der Waals surface area contributed by atoms with E-state index in [9.17, 15) is 22.4 Å². The lowest BCUT2D eigenvalue weighted by molar-refractivity contribution is -0.140. The minimum Gasteiger partial charge on any atom is -0.304 e. The molecule has 0 spiro atoms. The molecule has 1 aliphatic rings. The zero-order chi connectivity index (χ0) is 18.9. The molecule has 2 aromatic rings. The molecule has 136 valence electrons. The number of rotatable bonds is 3. The van der Waals surface area contributed by atoms with E-state index >= 15 is 0 Å². The molecular weight excluding hydrogens is 392 g/mol. The number of amides is 1. The van der Waals surface area contributed by atoms with Crippen LogP contribution in [0.5, 0.6) is 0 Å². The Morgan fingerprint density at radius 1 is 1.15 bits per heavy atom. The number of amidine groups is 1. The topological polar surface area (TPSA) is 41.5 Å². The summed E-state index contributed by atoms with van der Waals surface area (Å²) in [7, 11) is 0. The maximum atomic E-state index is 13.4. The standard InChI is InChI=1S/C17H11ClF4N2OS/c18-10-2-4-11(5-3-10)23-16-24-15(25)14(26-16)8-9-1-6-13(19)12(7-9)17(20,21)22/h1-7,14H,8H2,(H,23,24,25). The van der Waals surface area contributed by atoms with Gasteiger partial charge in [0.25, 0.3) is 0 Å². The van der Waals surface area contributed by atoms with Crippen molar-refractivity contribution in [1.82, 2.24) is 5.32 Å². The molecule has 1 amide bonds. The number of thioether (sulfide) groups is 1. The minimum absolute atomic E-state index is 0.0273. The molecule has 1 N–H and O–H groups in total. The molecule has 26 heavy (non-hydrogen) atoms. The Hall–Kier alpha value is -2.06. The van der Waals surface area contributed by atoms with Crippen LogP contribution in [-0.2, 0) is 17.4 Å². The SMILES string of the molecule is O=C1NC(=Nc2ccc(Cl)cc2)SC1Cc1ccc(F)c(C(F)(F)F)c1. The van der Waals surface area contributed by atoms with Gasteiger partial charge in [0.1, 0.15) is 5.82 Å². The molecule has 1 atom stereocenters. The van der Waals surface area contributed by atoms with E-state index < -0.39 is 22.8 Å². The van der Waals surface area contributed by atoms with Crippen LogP contribution >= 0.6 is 23.4 Å². The van der Waals surface area contributed by atoms with Gasteiger partial charge in [0.05, 0.1) is 16.5 Å². The van der Waals surface area contributed by atoms with Crippen LogP contribution in [0.25, 0.3) is 0 Å². The van der Waals surface area contributed by atoms with E-state index in [2.05, 4.69) is 10.3 Å². The summed E-state index contributed by atoms with van der Waals surface area (Å²) in [5.41, 5.74) is -0.536. The lowest BCUT2D eigenvalue weighted by Gasteiger charge is -2.11. The molecule has 1 heterocycles. The monoisotopic (exact) mass is 402 g/mol. The van der Waals surface area contributed by atoms with E-state index in [-0.39, 0.29) is 17.9 Å². The highest BCUT2D eigenvalue weighted by Gasteiger charge is 2.35. The number of carbonyl (C=O) groups excluding carboxylic acids is 1. The first kappa shape index (κ1) is 18.7. The summed E-state index contributed by atoms with van der Waals surface area (Å²) in [5.74, 6) is -1.70. The molecule has 1 saturated heterocycles. The quantitative estimate of drug-likeness (QED) is 0.737. The third-order valence-electron chi connectivity index (χ3n) is 3.59. The second-order valence-corrected chi connectivity index (χ2v) is 7.13. The van der Waals surface area contributed by atoms with Gasteiger partial charge in [0, 0.05) is 5.02 Å². The molecule has 0 saturated carbocycles. The molecule has 0 radical (unpaired) electrons. The van der Waals surface area contributed by atoms with Crippen molar-refractivity contribution in [3.8, 4) is 0 Å². The molecule has 1 fully saturated rings. The van der Waals surface area contributed by atoms with Gasteiger partial charge in [-0.2, -0.15) is 13.2 Å². The number of alkyl halides is 3. The second kappa shape index (κ2) is 7.28. The number of aliphatic imine (C=N–C) groups is 1. The number of benzene rings is 2. The van der Waals surface area contributed by atoms with Crippen LogP contribution < -0.4 is 5.32 Å². The van der Waals surface area contributed by atoms with Crippen molar-refractivity contribution in [3.05, 3.63) is 64.4 Å². The van der Waals surface area contributed by atoms with E-state index in [0.717, 1.165) is 23.9 Å². The van der Waals surface area contributed by atoms with Gasteiger partial charge in [-0.25, -0.2) is 9.38 Å². The second-order valence-electron chi connectivity index (χ2n) is 5.51. The lowest BCUT2D eigenvalue weighted by atomic mass is 10.1. The van der Waals surface area contributed by atoms with Gasteiger partial charge >= 0.3 is 6.18 Å². The molecule has 1 unspecified atom stereocenters. The van der Waals surface area contributed by atoms with Crippen molar-refractivity contribution in [2.75, 3.05) is 0 Å². The summed E-state index contributed by atoms with van der Waals surface area (Å²) < 4.78 is 51.8. The summed E-state index contributed by atoms with van der Waals surface area (Å²) in [6.07, 6.45) is -4.76. The summed E-state index contributed by atoms with van der Waals surface area (Å²) >= 11 is 6.90. The van der Waals surface area contributed by atoms with Crippen LogP contribution in [0.1, 0.15) is 11.1 Å². The predicted octanol–water partition coefficient (Wildman–Crippen LogP) is 4.96. The smallest absolute Gasteiger partial charge is 0.304 e.